The molecule has 0 N–H and O–H groups in total. The first-order chi connectivity index (χ1) is 6.64. The van der Waals surface area contributed by atoms with E-state index in [2.05, 4.69) is 9.47 Å². The first kappa shape index (κ1) is 14.0. The van der Waals surface area contributed by atoms with Crippen LogP contribution in [0.2, 0.25) is 0 Å². The van der Waals surface area contributed by atoms with Crippen molar-refractivity contribution < 1.29 is 40.2 Å². The van der Waals surface area contributed by atoms with Gasteiger partial charge in [0.2, 0.25) is 0 Å². The standard InChI is InChI=1S/C6H5F7O2/c1-5(11,14-2-7)6(12,13)15-4(10)3(8)9/h2H2,1H3. The van der Waals surface area contributed by atoms with Gasteiger partial charge in [0.05, 0.1) is 0 Å². The van der Waals surface area contributed by atoms with Gasteiger partial charge in [-0.15, -0.1) is 0 Å². The van der Waals surface area contributed by atoms with Gasteiger partial charge in [-0.1, -0.05) is 0 Å². The second-order valence-electron chi connectivity index (χ2n) is 2.32. The highest BCUT2D eigenvalue weighted by atomic mass is 19.3. The van der Waals surface area contributed by atoms with Crippen LogP contribution in [0, 0.1) is 0 Å². The zero-order valence-corrected chi connectivity index (χ0v) is 7.17. The van der Waals surface area contributed by atoms with Gasteiger partial charge in [-0.05, 0) is 0 Å². The summed E-state index contributed by atoms with van der Waals surface area (Å²) in [5, 5.41) is 0. The average molecular weight is 242 g/mol. The molecule has 0 bridgehead atoms. The fourth-order valence-corrected chi connectivity index (χ4v) is 0.429. The Labute approximate surface area is 79.3 Å². The smallest absolute Gasteiger partial charge is 0.398 e. The minimum atomic E-state index is -5.09. The van der Waals surface area contributed by atoms with E-state index < -0.39 is 30.9 Å². The zero-order valence-electron chi connectivity index (χ0n) is 7.17. The Bertz CT molecular complexity index is 246. The minimum Gasteiger partial charge on any atom is -0.398 e. The molecule has 15 heavy (non-hydrogen) atoms. The van der Waals surface area contributed by atoms with Gasteiger partial charge >= 0.3 is 24.1 Å². The van der Waals surface area contributed by atoms with Crippen LogP contribution in [-0.4, -0.2) is 18.8 Å². The lowest BCUT2D eigenvalue weighted by molar-refractivity contribution is -0.376. The fourth-order valence-electron chi connectivity index (χ4n) is 0.429. The van der Waals surface area contributed by atoms with Crippen LogP contribution in [0.1, 0.15) is 6.92 Å². The molecule has 0 rings (SSSR count). The molecule has 0 fully saturated rings. The molecular formula is C6H5F7O2. The lowest BCUT2D eigenvalue weighted by atomic mass is 10.3. The van der Waals surface area contributed by atoms with E-state index in [1.54, 1.807) is 0 Å². The van der Waals surface area contributed by atoms with E-state index in [1.807, 2.05) is 0 Å². The summed E-state index contributed by atoms with van der Waals surface area (Å²) in [6.07, 6.45) is -8.29. The van der Waals surface area contributed by atoms with E-state index in [0.717, 1.165) is 0 Å². The first-order valence-electron chi connectivity index (χ1n) is 3.30. The van der Waals surface area contributed by atoms with Crippen molar-refractivity contribution in [1.29, 1.82) is 0 Å². The molecule has 0 saturated carbocycles. The predicted octanol–water partition coefficient (Wildman–Crippen LogP) is 3.26. The molecule has 0 aromatic heterocycles. The van der Waals surface area contributed by atoms with E-state index in [0.29, 0.717) is 0 Å². The second kappa shape index (κ2) is 4.69. The molecule has 1 atom stereocenters. The highest BCUT2D eigenvalue weighted by Gasteiger charge is 2.57. The Morgan fingerprint density at radius 3 is 1.93 bits per heavy atom. The molecule has 0 aliphatic heterocycles. The minimum absolute atomic E-state index is 0.00397. The zero-order chi connectivity index (χ0) is 12.3. The van der Waals surface area contributed by atoms with Gasteiger partial charge in [0.15, 0.2) is 6.86 Å². The largest absolute Gasteiger partial charge is 0.460 e. The monoisotopic (exact) mass is 242 g/mol. The SMILES string of the molecule is CC(F)(OCF)C(F)(F)OC(F)=C(F)F. The number of halogens is 7. The van der Waals surface area contributed by atoms with Gasteiger partial charge in [-0.25, -0.2) is 8.78 Å². The molecule has 0 aliphatic rings. The summed E-state index contributed by atoms with van der Waals surface area (Å²) in [6.45, 7) is -1.97. The van der Waals surface area contributed by atoms with Crippen molar-refractivity contribution in [3.05, 3.63) is 12.1 Å². The van der Waals surface area contributed by atoms with Crippen molar-refractivity contribution in [2.45, 2.75) is 18.9 Å². The van der Waals surface area contributed by atoms with Crippen LogP contribution in [0.3, 0.4) is 0 Å². The normalized spacial score (nSPS) is 15.7. The van der Waals surface area contributed by atoms with Crippen LogP contribution >= 0.6 is 0 Å². The Morgan fingerprint density at radius 2 is 1.60 bits per heavy atom. The van der Waals surface area contributed by atoms with Crippen molar-refractivity contribution >= 4 is 0 Å². The highest BCUT2D eigenvalue weighted by Crippen LogP contribution is 2.37. The molecule has 90 valence electrons. The van der Waals surface area contributed by atoms with Gasteiger partial charge in [0.25, 0.3) is 0 Å². The predicted molar refractivity (Wildman–Crippen MR) is 33.0 cm³/mol. The Kier molecular flexibility index (Phi) is 4.38. The van der Waals surface area contributed by atoms with E-state index in [9.17, 15) is 30.7 Å². The summed E-state index contributed by atoms with van der Waals surface area (Å²) >= 11 is 0. The van der Waals surface area contributed by atoms with Gasteiger partial charge in [0, 0.05) is 6.92 Å². The fraction of sp³-hybridized carbons (Fsp3) is 0.667. The van der Waals surface area contributed by atoms with Crippen molar-refractivity contribution in [2.75, 3.05) is 6.86 Å². The number of rotatable bonds is 5. The third-order valence-corrected chi connectivity index (χ3v) is 1.21. The molecule has 0 amide bonds. The molecule has 0 radical (unpaired) electrons. The van der Waals surface area contributed by atoms with Crippen LogP contribution < -0.4 is 0 Å². The molecule has 0 aliphatic carbocycles. The van der Waals surface area contributed by atoms with Crippen LogP contribution in [0.15, 0.2) is 12.1 Å². The van der Waals surface area contributed by atoms with Crippen molar-refractivity contribution in [2.24, 2.45) is 0 Å². The van der Waals surface area contributed by atoms with Crippen LogP contribution in [0.5, 0.6) is 0 Å². The number of ether oxygens (including phenoxy) is 2. The van der Waals surface area contributed by atoms with E-state index in [-0.39, 0.29) is 6.92 Å². The quantitative estimate of drug-likeness (QED) is 0.544. The third kappa shape index (κ3) is 3.57. The maximum absolute atomic E-state index is 12.7. The lowest BCUT2D eigenvalue weighted by Gasteiger charge is -2.27. The molecule has 0 aromatic carbocycles. The molecule has 2 nitrogen and oxygen atoms in total. The van der Waals surface area contributed by atoms with Gasteiger partial charge in [0.1, 0.15) is 0 Å². The van der Waals surface area contributed by atoms with E-state index in [1.165, 1.54) is 0 Å². The van der Waals surface area contributed by atoms with Gasteiger partial charge < -0.3 is 9.47 Å². The van der Waals surface area contributed by atoms with Crippen LogP contribution in [0.4, 0.5) is 30.7 Å². The van der Waals surface area contributed by atoms with Gasteiger partial charge in [-0.2, -0.15) is 22.0 Å². The van der Waals surface area contributed by atoms with Crippen LogP contribution in [-0.2, 0) is 9.47 Å². The Hall–Kier alpha value is -0.990. The maximum atomic E-state index is 12.7. The van der Waals surface area contributed by atoms with E-state index in [4.69, 9.17) is 0 Å². The van der Waals surface area contributed by atoms with Crippen molar-refractivity contribution in [3.63, 3.8) is 0 Å². The van der Waals surface area contributed by atoms with Crippen molar-refractivity contribution in [1.82, 2.24) is 0 Å². The molecular weight excluding hydrogens is 237 g/mol. The number of hydrogen-bond donors (Lipinski definition) is 0. The number of hydrogen-bond acceptors (Lipinski definition) is 2. The van der Waals surface area contributed by atoms with Crippen molar-refractivity contribution in [3.8, 4) is 0 Å². The van der Waals surface area contributed by atoms with Gasteiger partial charge in [-0.3, -0.25) is 0 Å². The summed E-state index contributed by atoms with van der Waals surface area (Å²) in [5.41, 5.74) is 0. The summed E-state index contributed by atoms with van der Waals surface area (Å²) in [5.74, 6) is -4.07. The average Bonchev–Trinajstić information content (AvgIpc) is 2.02. The third-order valence-electron chi connectivity index (χ3n) is 1.21. The molecule has 0 heterocycles. The topological polar surface area (TPSA) is 18.5 Å². The second-order valence-corrected chi connectivity index (χ2v) is 2.32. The lowest BCUT2D eigenvalue weighted by Crippen LogP contribution is -2.45. The Morgan fingerprint density at radius 1 is 1.13 bits per heavy atom. The summed E-state index contributed by atoms with van der Waals surface area (Å²) in [4.78, 5) is 0. The molecule has 9 heteroatoms. The summed E-state index contributed by atoms with van der Waals surface area (Å²) in [7, 11) is 0. The first-order valence-corrected chi connectivity index (χ1v) is 3.30. The summed E-state index contributed by atoms with van der Waals surface area (Å²) in [6, 6.07) is -2.97. The van der Waals surface area contributed by atoms with Crippen LogP contribution in [0.25, 0.3) is 0 Å². The Balaban J connectivity index is 4.75. The highest BCUT2D eigenvalue weighted by molar-refractivity contribution is 4.85. The van der Waals surface area contributed by atoms with E-state index >= 15 is 0 Å². The maximum Gasteiger partial charge on any atom is 0.460 e. The number of alkyl halides is 4. The molecule has 0 spiro atoms. The molecule has 0 saturated heterocycles. The summed E-state index contributed by atoms with van der Waals surface area (Å²) < 4.78 is 89.6. The molecule has 0 aromatic rings. The molecule has 1 unspecified atom stereocenters.